The van der Waals surface area contributed by atoms with Crippen LogP contribution in [0.3, 0.4) is 0 Å². The molecule has 0 radical (unpaired) electrons. The van der Waals surface area contributed by atoms with Crippen molar-refractivity contribution >= 4 is 0 Å². The molecule has 0 aromatic heterocycles. The van der Waals surface area contributed by atoms with Gasteiger partial charge in [-0.15, -0.1) is 0 Å². The van der Waals surface area contributed by atoms with Crippen molar-refractivity contribution in [3.8, 4) is 11.5 Å². The van der Waals surface area contributed by atoms with E-state index < -0.39 is 0 Å². The first-order valence-electron chi connectivity index (χ1n) is 6.91. The molecule has 0 heterocycles. The van der Waals surface area contributed by atoms with E-state index >= 15 is 0 Å². The number of hydrogen-bond acceptors (Lipinski definition) is 3. The summed E-state index contributed by atoms with van der Waals surface area (Å²) in [6.45, 7) is 2.08. The van der Waals surface area contributed by atoms with Gasteiger partial charge in [0, 0.05) is 23.7 Å². The number of hydrogen-bond donors (Lipinski definition) is 3. The highest BCUT2D eigenvalue weighted by Gasteiger charge is 2.39. The standard InChI is InChI=1S/C15H21NO2/c1-9(13-5-4-12(17)8-15(13)18)16-14-7-10-2-3-11(14)6-10/h4-5,8-11,14,16-18H,2-3,6-7H2,1H3. The molecule has 98 valence electrons. The third-order valence-electron chi connectivity index (χ3n) is 4.68. The van der Waals surface area contributed by atoms with Gasteiger partial charge in [-0.1, -0.05) is 12.5 Å². The van der Waals surface area contributed by atoms with Gasteiger partial charge in [0.25, 0.3) is 0 Å². The van der Waals surface area contributed by atoms with Gasteiger partial charge in [-0.3, -0.25) is 0 Å². The van der Waals surface area contributed by atoms with E-state index in [1.807, 2.05) is 0 Å². The van der Waals surface area contributed by atoms with Crippen LogP contribution in [-0.2, 0) is 0 Å². The molecular weight excluding hydrogens is 226 g/mol. The second-order valence-electron chi connectivity index (χ2n) is 5.91. The molecule has 0 spiro atoms. The highest BCUT2D eigenvalue weighted by atomic mass is 16.3. The summed E-state index contributed by atoms with van der Waals surface area (Å²) in [5.41, 5.74) is 0.871. The largest absolute Gasteiger partial charge is 0.508 e. The molecule has 4 atom stereocenters. The van der Waals surface area contributed by atoms with Crippen molar-refractivity contribution in [1.82, 2.24) is 5.32 Å². The summed E-state index contributed by atoms with van der Waals surface area (Å²) in [6, 6.07) is 5.58. The molecule has 1 aromatic carbocycles. The topological polar surface area (TPSA) is 52.5 Å². The van der Waals surface area contributed by atoms with Crippen molar-refractivity contribution in [2.24, 2.45) is 11.8 Å². The lowest BCUT2D eigenvalue weighted by Gasteiger charge is -2.27. The molecule has 2 bridgehead atoms. The summed E-state index contributed by atoms with van der Waals surface area (Å²) in [6.07, 6.45) is 5.43. The van der Waals surface area contributed by atoms with Gasteiger partial charge in [0.1, 0.15) is 11.5 Å². The van der Waals surface area contributed by atoms with Crippen molar-refractivity contribution in [3.63, 3.8) is 0 Å². The third-order valence-corrected chi connectivity index (χ3v) is 4.68. The molecule has 0 saturated heterocycles. The Balaban J connectivity index is 1.69. The van der Waals surface area contributed by atoms with Gasteiger partial charge in [-0.25, -0.2) is 0 Å². The molecule has 2 aliphatic rings. The summed E-state index contributed by atoms with van der Waals surface area (Å²) in [5, 5.41) is 22.8. The minimum absolute atomic E-state index is 0.114. The van der Waals surface area contributed by atoms with Gasteiger partial charge in [-0.2, -0.15) is 0 Å². The molecule has 3 heteroatoms. The third kappa shape index (κ3) is 2.07. The van der Waals surface area contributed by atoms with Crippen LogP contribution in [0.4, 0.5) is 0 Å². The molecule has 3 nitrogen and oxygen atoms in total. The number of phenols is 2. The highest BCUT2D eigenvalue weighted by molar-refractivity contribution is 5.40. The molecule has 1 aromatic rings. The van der Waals surface area contributed by atoms with Crippen LogP contribution < -0.4 is 5.32 Å². The van der Waals surface area contributed by atoms with Crippen LogP contribution in [0, 0.1) is 11.8 Å². The Morgan fingerprint density at radius 1 is 1.22 bits per heavy atom. The van der Waals surface area contributed by atoms with Crippen LogP contribution in [0.25, 0.3) is 0 Å². The Labute approximate surface area is 108 Å². The highest BCUT2D eigenvalue weighted by Crippen LogP contribution is 2.45. The average molecular weight is 247 g/mol. The molecule has 3 N–H and O–H groups in total. The minimum atomic E-state index is 0.114. The lowest BCUT2D eigenvalue weighted by Crippen LogP contribution is -2.35. The molecule has 3 rings (SSSR count). The van der Waals surface area contributed by atoms with Crippen LogP contribution in [0.15, 0.2) is 18.2 Å². The number of rotatable bonds is 3. The predicted molar refractivity (Wildman–Crippen MR) is 70.6 cm³/mol. The number of phenolic OH excluding ortho intramolecular Hbond substituents is 2. The van der Waals surface area contributed by atoms with Crippen LogP contribution in [0.2, 0.25) is 0 Å². The van der Waals surface area contributed by atoms with E-state index in [1.165, 1.54) is 31.7 Å². The van der Waals surface area contributed by atoms with E-state index in [0.717, 1.165) is 17.4 Å². The van der Waals surface area contributed by atoms with Crippen LogP contribution in [0.1, 0.15) is 44.2 Å². The molecule has 0 amide bonds. The Morgan fingerprint density at radius 2 is 2.06 bits per heavy atom. The van der Waals surface area contributed by atoms with Gasteiger partial charge in [0.15, 0.2) is 0 Å². The molecule has 18 heavy (non-hydrogen) atoms. The van der Waals surface area contributed by atoms with E-state index in [1.54, 1.807) is 12.1 Å². The van der Waals surface area contributed by atoms with Crippen molar-refractivity contribution < 1.29 is 10.2 Å². The molecule has 2 aliphatic carbocycles. The van der Waals surface area contributed by atoms with Gasteiger partial charge >= 0.3 is 0 Å². The van der Waals surface area contributed by atoms with Gasteiger partial charge in [-0.05, 0) is 44.1 Å². The first kappa shape index (κ1) is 11.8. The predicted octanol–water partition coefficient (Wildman–Crippen LogP) is 2.94. The first-order valence-corrected chi connectivity index (χ1v) is 6.91. The van der Waals surface area contributed by atoms with Gasteiger partial charge in [0.2, 0.25) is 0 Å². The molecular formula is C15H21NO2. The maximum Gasteiger partial charge on any atom is 0.124 e. The fraction of sp³-hybridized carbons (Fsp3) is 0.600. The zero-order valence-corrected chi connectivity index (χ0v) is 10.8. The van der Waals surface area contributed by atoms with E-state index in [9.17, 15) is 10.2 Å². The van der Waals surface area contributed by atoms with Crippen LogP contribution >= 0.6 is 0 Å². The fourth-order valence-corrected chi connectivity index (χ4v) is 3.76. The van der Waals surface area contributed by atoms with Crippen molar-refractivity contribution in [3.05, 3.63) is 23.8 Å². The van der Waals surface area contributed by atoms with Crippen molar-refractivity contribution in [2.75, 3.05) is 0 Å². The second-order valence-corrected chi connectivity index (χ2v) is 5.91. The van der Waals surface area contributed by atoms with Crippen LogP contribution in [-0.4, -0.2) is 16.3 Å². The van der Waals surface area contributed by atoms with E-state index in [0.29, 0.717) is 6.04 Å². The summed E-state index contributed by atoms with van der Waals surface area (Å²) in [7, 11) is 0. The summed E-state index contributed by atoms with van der Waals surface area (Å²) < 4.78 is 0. The minimum Gasteiger partial charge on any atom is -0.508 e. The van der Waals surface area contributed by atoms with E-state index in [4.69, 9.17) is 0 Å². The summed E-state index contributed by atoms with van der Waals surface area (Å²) in [5.74, 6) is 2.05. The van der Waals surface area contributed by atoms with Crippen molar-refractivity contribution in [2.45, 2.75) is 44.7 Å². The summed E-state index contributed by atoms with van der Waals surface area (Å²) >= 11 is 0. The average Bonchev–Trinajstić information content (AvgIpc) is 2.90. The van der Waals surface area contributed by atoms with Gasteiger partial charge in [0.05, 0.1) is 0 Å². The number of fused-ring (bicyclic) bond motifs is 2. The van der Waals surface area contributed by atoms with E-state index in [-0.39, 0.29) is 17.5 Å². The zero-order chi connectivity index (χ0) is 12.7. The number of nitrogens with one attached hydrogen (secondary N) is 1. The first-order chi connectivity index (χ1) is 8.63. The van der Waals surface area contributed by atoms with Crippen molar-refractivity contribution in [1.29, 1.82) is 0 Å². The second kappa shape index (κ2) is 4.47. The Kier molecular flexibility index (Phi) is 2.94. The summed E-state index contributed by atoms with van der Waals surface area (Å²) in [4.78, 5) is 0. The fourth-order valence-electron chi connectivity index (χ4n) is 3.76. The molecule has 2 fully saturated rings. The monoisotopic (exact) mass is 247 g/mol. The zero-order valence-electron chi connectivity index (χ0n) is 10.8. The molecule has 0 aliphatic heterocycles. The lowest BCUT2D eigenvalue weighted by molar-refractivity contribution is 0.323. The number of benzene rings is 1. The quantitative estimate of drug-likeness (QED) is 0.769. The molecule has 2 saturated carbocycles. The molecule has 4 unspecified atom stereocenters. The van der Waals surface area contributed by atoms with E-state index in [2.05, 4.69) is 12.2 Å². The van der Waals surface area contributed by atoms with Crippen LogP contribution in [0.5, 0.6) is 11.5 Å². The Morgan fingerprint density at radius 3 is 2.67 bits per heavy atom. The SMILES string of the molecule is CC(NC1CC2CCC1C2)c1ccc(O)cc1O. The maximum absolute atomic E-state index is 9.87. The Bertz CT molecular complexity index is 446. The lowest BCUT2D eigenvalue weighted by atomic mass is 9.94. The van der Waals surface area contributed by atoms with Gasteiger partial charge < -0.3 is 15.5 Å². The maximum atomic E-state index is 9.87. The number of aromatic hydroxyl groups is 2. The Hall–Kier alpha value is -1.22. The smallest absolute Gasteiger partial charge is 0.124 e. The normalized spacial score (nSPS) is 31.7.